The molecule has 2 aromatic rings. The normalized spacial score (nSPS) is 12.6. The van der Waals surface area contributed by atoms with Crippen LogP contribution in [-0.2, 0) is 14.8 Å². The minimum Gasteiger partial charge on any atom is -0.339 e. The zero-order valence-electron chi connectivity index (χ0n) is 17.9. The molecule has 1 unspecified atom stereocenters. The number of carbonyl (C=O) groups is 2. The van der Waals surface area contributed by atoms with Gasteiger partial charge in [-0.3, -0.25) is 9.59 Å². The maximum Gasteiger partial charge on any atom is 0.242 e. The van der Waals surface area contributed by atoms with Crippen LogP contribution in [0.5, 0.6) is 0 Å². The third-order valence-electron chi connectivity index (χ3n) is 5.23. The van der Waals surface area contributed by atoms with Gasteiger partial charge >= 0.3 is 0 Å². The summed E-state index contributed by atoms with van der Waals surface area (Å²) in [6.07, 6.45) is 0.378. The molecule has 0 heterocycles. The zero-order chi connectivity index (χ0) is 23.3. The summed E-state index contributed by atoms with van der Waals surface area (Å²) in [5, 5.41) is 0. The van der Waals surface area contributed by atoms with Crippen molar-refractivity contribution in [1.82, 2.24) is 9.21 Å². The van der Waals surface area contributed by atoms with E-state index < -0.39 is 27.7 Å². The van der Waals surface area contributed by atoms with E-state index in [1.54, 1.807) is 14.0 Å². The number of Topliss-reactive ketones (excluding diaryl/α,β-unsaturated/α-hetero) is 1. The molecule has 0 fully saturated rings. The van der Waals surface area contributed by atoms with E-state index >= 15 is 0 Å². The van der Waals surface area contributed by atoms with E-state index in [1.807, 2.05) is 0 Å². The highest BCUT2D eigenvalue weighted by molar-refractivity contribution is 7.89. The van der Waals surface area contributed by atoms with Crippen molar-refractivity contribution < 1.29 is 26.8 Å². The SMILES string of the molecule is CC(=O)c1ccc(S(=O)(=O)N(C)CCCC(=O)N(C)C(C)c2ccc(F)c(F)c2)cc1. The third-order valence-corrected chi connectivity index (χ3v) is 7.10. The lowest BCUT2D eigenvalue weighted by Gasteiger charge is -2.26. The van der Waals surface area contributed by atoms with Crippen molar-refractivity contribution in [2.45, 2.75) is 37.6 Å². The summed E-state index contributed by atoms with van der Waals surface area (Å²) in [4.78, 5) is 25.3. The average Bonchev–Trinajstić information content (AvgIpc) is 2.74. The Labute approximate surface area is 181 Å². The van der Waals surface area contributed by atoms with Crippen molar-refractivity contribution in [3.8, 4) is 0 Å². The zero-order valence-corrected chi connectivity index (χ0v) is 18.7. The second kappa shape index (κ2) is 10.1. The Balaban J connectivity index is 1.94. The van der Waals surface area contributed by atoms with Gasteiger partial charge in [-0.05, 0) is 50.1 Å². The van der Waals surface area contributed by atoms with Crippen molar-refractivity contribution in [3.63, 3.8) is 0 Å². The number of hydrogen-bond acceptors (Lipinski definition) is 4. The van der Waals surface area contributed by atoms with E-state index in [0.29, 0.717) is 11.1 Å². The predicted octanol–water partition coefficient (Wildman–Crippen LogP) is 3.79. The van der Waals surface area contributed by atoms with Crippen LogP contribution >= 0.6 is 0 Å². The van der Waals surface area contributed by atoms with E-state index in [4.69, 9.17) is 0 Å². The number of nitrogens with zero attached hydrogens (tertiary/aromatic N) is 2. The van der Waals surface area contributed by atoms with Crippen molar-refractivity contribution >= 4 is 21.7 Å². The monoisotopic (exact) mass is 452 g/mol. The standard InChI is InChI=1S/C22H26F2N2O4S/c1-15(18-9-12-20(23)21(24)14-18)26(4)22(28)6-5-13-25(3)31(29,30)19-10-7-17(8-11-19)16(2)27/h7-12,14-15H,5-6,13H2,1-4H3. The third kappa shape index (κ3) is 5.95. The van der Waals surface area contributed by atoms with Crippen LogP contribution in [-0.4, -0.2) is 50.0 Å². The van der Waals surface area contributed by atoms with Gasteiger partial charge in [0.05, 0.1) is 10.9 Å². The fourth-order valence-electron chi connectivity index (χ4n) is 3.00. The first-order chi connectivity index (χ1) is 14.4. The smallest absolute Gasteiger partial charge is 0.242 e. The highest BCUT2D eigenvalue weighted by Crippen LogP contribution is 2.22. The molecule has 0 spiro atoms. The number of amides is 1. The van der Waals surface area contributed by atoms with Crippen LogP contribution < -0.4 is 0 Å². The number of rotatable bonds is 9. The van der Waals surface area contributed by atoms with E-state index in [0.717, 1.165) is 16.4 Å². The first kappa shape index (κ1) is 24.6. The minimum absolute atomic E-state index is 0.0652. The van der Waals surface area contributed by atoms with Crippen LogP contribution in [0.3, 0.4) is 0 Å². The van der Waals surface area contributed by atoms with Crippen LogP contribution in [0, 0.1) is 11.6 Å². The summed E-state index contributed by atoms with van der Waals surface area (Å²) in [7, 11) is -0.764. The first-order valence-corrected chi connectivity index (χ1v) is 11.2. The van der Waals surface area contributed by atoms with E-state index in [-0.39, 0.29) is 36.0 Å². The molecule has 1 atom stereocenters. The highest BCUT2D eigenvalue weighted by Gasteiger charge is 2.22. The number of ketones is 1. The lowest BCUT2D eigenvalue weighted by molar-refractivity contribution is -0.131. The molecule has 0 bridgehead atoms. The van der Waals surface area contributed by atoms with Gasteiger partial charge in [-0.1, -0.05) is 18.2 Å². The number of hydrogen-bond donors (Lipinski definition) is 0. The van der Waals surface area contributed by atoms with Gasteiger partial charge in [0, 0.05) is 32.6 Å². The Bertz CT molecular complexity index is 1060. The average molecular weight is 453 g/mol. The van der Waals surface area contributed by atoms with Gasteiger partial charge in [0.1, 0.15) is 0 Å². The van der Waals surface area contributed by atoms with Gasteiger partial charge in [-0.2, -0.15) is 0 Å². The van der Waals surface area contributed by atoms with Crippen molar-refractivity contribution in [3.05, 3.63) is 65.2 Å². The molecule has 0 saturated carbocycles. The minimum atomic E-state index is -3.75. The lowest BCUT2D eigenvalue weighted by atomic mass is 10.1. The lowest BCUT2D eigenvalue weighted by Crippen LogP contribution is -2.32. The molecular weight excluding hydrogens is 426 g/mol. The molecule has 1 amide bonds. The van der Waals surface area contributed by atoms with Crippen molar-refractivity contribution in [2.75, 3.05) is 20.6 Å². The molecule has 0 aliphatic heterocycles. The Morgan fingerprint density at radius 3 is 2.16 bits per heavy atom. The van der Waals surface area contributed by atoms with Crippen LogP contribution in [0.2, 0.25) is 0 Å². The summed E-state index contributed by atoms with van der Waals surface area (Å²) < 4.78 is 53.0. The van der Waals surface area contributed by atoms with E-state index in [9.17, 15) is 26.8 Å². The largest absolute Gasteiger partial charge is 0.339 e. The van der Waals surface area contributed by atoms with Crippen LogP contribution in [0.25, 0.3) is 0 Å². The fourth-order valence-corrected chi connectivity index (χ4v) is 4.21. The fraction of sp³-hybridized carbons (Fsp3) is 0.364. The van der Waals surface area contributed by atoms with E-state index in [2.05, 4.69) is 0 Å². The predicted molar refractivity (Wildman–Crippen MR) is 113 cm³/mol. The molecule has 0 aliphatic carbocycles. The van der Waals surface area contributed by atoms with Gasteiger partial charge < -0.3 is 4.90 Å². The van der Waals surface area contributed by atoms with Crippen LogP contribution in [0.1, 0.15) is 48.7 Å². The number of carbonyl (C=O) groups excluding carboxylic acids is 2. The number of benzene rings is 2. The summed E-state index contributed by atoms with van der Waals surface area (Å²) in [6.45, 7) is 3.22. The second-order valence-electron chi connectivity index (χ2n) is 7.36. The molecule has 9 heteroatoms. The Morgan fingerprint density at radius 1 is 1.00 bits per heavy atom. The Hall–Kier alpha value is -2.65. The molecule has 2 rings (SSSR count). The quantitative estimate of drug-likeness (QED) is 0.543. The molecular formula is C22H26F2N2O4S. The Kier molecular flexibility index (Phi) is 8.02. The van der Waals surface area contributed by atoms with Crippen LogP contribution in [0.15, 0.2) is 47.4 Å². The molecule has 0 saturated heterocycles. The maximum absolute atomic E-state index is 13.5. The molecule has 6 nitrogen and oxygen atoms in total. The number of sulfonamides is 1. The molecule has 168 valence electrons. The van der Waals surface area contributed by atoms with Gasteiger partial charge in [0.25, 0.3) is 0 Å². The van der Waals surface area contributed by atoms with Gasteiger partial charge in [-0.25, -0.2) is 21.5 Å². The molecule has 2 aromatic carbocycles. The topological polar surface area (TPSA) is 74.8 Å². The van der Waals surface area contributed by atoms with Crippen molar-refractivity contribution in [1.29, 1.82) is 0 Å². The van der Waals surface area contributed by atoms with E-state index in [1.165, 1.54) is 49.2 Å². The number of halogens is 2. The highest BCUT2D eigenvalue weighted by atomic mass is 32.2. The molecule has 0 aromatic heterocycles. The summed E-state index contributed by atoms with van der Waals surface area (Å²) >= 11 is 0. The Morgan fingerprint density at radius 2 is 1.61 bits per heavy atom. The molecule has 0 N–H and O–H groups in total. The van der Waals surface area contributed by atoms with Gasteiger partial charge in [0.2, 0.25) is 15.9 Å². The molecule has 0 radical (unpaired) electrons. The molecule has 31 heavy (non-hydrogen) atoms. The summed E-state index contributed by atoms with van der Waals surface area (Å²) in [5.74, 6) is -2.33. The first-order valence-electron chi connectivity index (χ1n) is 9.73. The summed E-state index contributed by atoms with van der Waals surface area (Å²) in [5.41, 5.74) is 0.883. The van der Waals surface area contributed by atoms with Crippen molar-refractivity contribution in [2.24, 2.45) is 0 Å². The summed E-state index contributed by atoms with van der Waals surface area (Å²) in [6, 6.07) is 8.70. The van der Waals surface area contributed by atoms with Gasteiger partial charge in [0.15, 0.2) is 17.4 Å². The van der Waals surface area contributed by atoms with Gasteiger partial charge in [-0.15, -0.1) is 0 Å². The second-order valence-corrected chi connectivity index (χ2v) is 9.41. The maximum atomic E-state index is 13.5. The van der Waals surface area contributed by atoms with Crippen LogP contribution in [0.4, 0.5) is 8.78 Å². The molecule has 0 aliphatic rings.